The lowest BCUT2D eigenvalue weighted by Crippen LogP contribution is -2.36. The van der Waals surface area contributed by atoms with E-state index in [2.05, 4.69) is 31.2 Å². The predicted octanol–water partition coefficient (Wildman–Crippen LogP) is 0.288. The van der Waals surface area contributed by atoms with Gasteiger partial charge in [-0.25, -0.2) is 9.78 Å². The molecule has 0 aliphatic carbocycles. The summed E-state index contributed by atoms with van der Waals surface area (Å²) in [5.41, 5.74) is -0.325. The lowest BCUT2D eigenvalue weighted by molar-refractivity contribution is 0.0925. The fraction of sp³-hybridized carbons (Fsp3) is 0.286. The minimum atomic E-state index is -0.442. The van der Waals surface area contributed by atoms with Gasteiger partial charge in [-0.05, 0) is 28.1 Å². The van der Waals surface area contributed by atoms with Gasteiger partial charge in [0, 0.05) is 27.1 Å². The molecular formula is C14H14BrN5O4. The summed E-state index contributed by atoms with van der Waals surface area (Å²) in [6.45, 7) is 0.297. The Bertz CT molecular complexity index is 1040. The van der Waals surface area contributed by atoms with Crippen molar-refractivity contribution in [3.8, 4) is 0 Å². The summed E-state index contributed by atoms with van der Waals surface area (Å²) in [5, 5.41) is 2.69. The molecule has 0 unspecified atom stereocenters. The summed E-state index contributed by atoms with van der Waals surface area (Å²) < 4.78 is 7.94. The molecule has 0 atom stereocenters. The maximum Gasteiger partial charge on any atom is 0.332 e. The van der Waals surface area contributed by atoms with E-state index in [1.807, 2.05) is 0 Å². The second-order valence-electron chi connectivity index (χ2n) is 5.20. The number of nitrogens with zero attached hydrogens (tertiary/aromatic N) is 3. The van der Waals surface area contributed by atoms with Gasteiger partial charge in [0.05, 0.1) is 0 Å². The standard InChI is InChI=1S/C14H14BrN5O4/c1-19-11-10(13(22)20(2)14(19)23)17-9(18-11)5-6-16-12(21)7-3-4-8(15)24-7/h3-4H,5-6H2,1-2H3,(H,16,21)(H,17,18). The van der Waals surface area contributed by atoms with Crippen molar-refractivity contribution >= 4 is 33.0 Å². The number of halogens is 1. The molecule has 0 aliphatic heterocycles. The molecule has 3 aromatic heterocycles. The zero-order chi connectivity index (χ0) is 17.4. The van der Waals surface area contributed by atoms with Crippen LogP contribution in [0, 0.1) is 0 Å². The molecule has 0 fully saturated rings. The van der Waals surface area contributed by atoms with E-state index in [1.54, 1.807) is 19.2 Å². The lowest BCUT2D eigenvalue weighted by Gasteiger charge is -2.01. The first-order chi connectivity index (χ1) is 11.4. The van der Waals surface area contributed by atoms with E-state index in [0.29, 0.717) is 29.1 Å². The monoisotopic (exact) mass is 395 g/mol. The third kappa shape index (κ3) is 2.80. The smallest absolute Gasteiger partial charge is 0.332 e. The molecule has 0 aromatic carbocycles. The lowest BCUT2D eigenvalue weighted by atomic mass is 10.3. The van der Waals surface area contributed by atoms with E-state index in [9.17, 15) is 14.4 Å². The summed E-state index contributed by atoms with van der Waals surface area (Å²) >= 11 is 3.13. The third-order valence-electron chi connectivity index (χ3n) is 3.59. The molecule has 3 rings (SSSR count). The van der Waals surface area contributed by atoms with Crippen LogP contribution in [-0.2, 0) is 20.5 Å². The number of nitrogens with one attached hydrogen (secondary N) is 2. The highest BCUT2D eigenvalue weighted by atomic mass is 79.9. The molecule has 9 nitrogen and oxygen atoms in total. The average molecular weight is 396 g/mol. The predicted molar refractivity (Wildman–Crippen MR) is 89.0 cm³/mol. The van der Waals surface area contributed by atoms with Crippen molar-refractivity contribution in [2.45, 2.75) is 6.42 Å². The Labute approximate surface area is 143 Å². The highest BCUT2D eigenvalue weighted by Gasteiger charge is 2.14. The normalized spacial score (nSPS) is 11.1. The van der Waals surface area contributed by atoms with E-state index in [4.69, 9.17) is 4.42 Å². The first-order valence-corrected chi connectivity index (χ1v) is 7.86. The van der Waals surface area contributed by atoms with Crippen molar-refractivity contribution in [3.63, 3.8) is 0 Å². The Morgan fingerprint density at radius 2 is 2.08 bits per heavy atom. The van der Waals surface area contributed by atoms with Gasteiger partial charge < -0.3 is 14.7 Å². The van der Waals surface area contributed by atoms with Crippen molar-refractivity contribution in [1.82, 2.24) is 24.4 Å². The maximum absolute atomic E-state index is 12.1. The van der Waals surface area contributed by atoms with Crippen LogP contribution < -0.4 is 16.6 Å². The van der Waals surface area contributed by atoms with E-state index in [0.717, 1.165) is 4.57 Å². The number of imidazole rings is 1. The highest BCUT2D eigenvalue weighted by Crippen LogP contribution is 2.13. The minimum Gasteiger partial charge on any atom is -0.444 e. The van der Waals surface area contributed by atoms with E-state index < -0.39 is 11.2 Å². The molecule has 0 saturated heterocycles. The van der Waals surface area contributed by atoms with Crippen LogP contribution in [0.2, 0.25) is 0 Å². The number of aryl methyl sites for hydroxylation is 1. The van der Waals surface area contributed by atoms with Gasteiger partial charge in [0.1, 0.15) is 11.3 Å². The number of carbonyl (C=O) groups is 1. The van der Waals surface area contributed by atoms with Crippen molar-refractivity contribution < 1.29 is 9.21 Å². The van der Waals surface area contributed by atoms with Gasteiger partial charge in [0.15, 0.2) is 16.1 Å². The zero-order valence-corrected chi connectivity index (χ0v) is 14.5. The molecule has 0 spiro atoms. The van der Waals surface area contributed by atoms with Crippen LogP contribution in [0.15, 0.2) is 30.8 Å². The second-order valence-corrected chi connectivity index (χ2v) is 5.98. The fourth-order valence-corrected chi connectivity index (χ4v) is 2.62. The van der Waals surface area contributed by atoms with Crippen molar-refractivity contribution in [3.05, 3.63) is 49.2 Å². The molecule has 0 saturated carbocycles. The van der Waals surface area contributed by atoms with Gasteiger partial charge in [-0.2, -0.15) is 0 Å². The summed E-state index contributed by atoms with van der Waals surface area (Å²) in [6.07, 6.45) is 0.375. The van der Waals surface area contributed by atoms with E-state index >= 15 is 0 Å². The number of hydrogen-bond acceptors (Lipinski definition) is 5. The summed E-state index contributed by atoms with van der Waals surface area (Å²) in [7, 11) is 2.96. The molecule has 0 radical (unpaired) electrons. The Hall–Kier alpha value is -2.62. The summed E-state index contributed by atoms with van der Waals surface area (Å²) in [6, 6.07) is 3.19. The fourth-order valence-electron chi connectivity index (χ4n) is 2.31. The molecule has 3 heterocycles. The molecule has 10 heteroatoms. The van der Waals surface area contributed by atoms with Crippen molar-refractivity contribution in [2.75, 3.05) is 6.54 Å². The molecule has 2 N–H and O–H groups in total. The number of furan rings is 1. The quantitative estimate of drug-likeness (QED) is 0.658. The van der Waals surface area contributed by atoms with Gasteiger partial charge in [-0.3, -0.25) is 18.7 Å². The summed E-state index contributed by atoms with van der Waals surface area (Å²) in [5.74, 6) is 0.354. The molecule has 126 valence electrons. The highest BCUT2D eigenvalue weighted by molar-refractivity contribution is 9.10. The number of amides is 1. The molecule has 24 heavy (non-hydrogen) atoms. The van der Waals surface area contributed by atoms with Gasteiger partial charge in [-0.15, -0.1) is 0 Å². The van der Waals surface area contributed by atoms with Crippen molar-refractivity contribution in [2.24, 2.45) is 14.1 Å². The van der Waals surface area contributed by atoms with Crippen LogP contribution in [0.5, 0.6) is 0 Å². The minimum absolute atomic E-state index is 0.197. The van der Waals surface area contributed by atoms with Crippen LogP contribution in [0.4, 0.5) is 0 Å². The molecular weight excluding hydrogens is 382 g/mol. The number of fused-ring (bicyclic) bond motifs is 1. The number of rotatable bonds is 4. The van der Waals surface area contributed by atoms with Crippen LogP contribution in [0.1, 0.15) is 16.4 Å². The van der Waals surface area contributed by atoms with Crippen LogP contribution in [0.25, 0.3) is 11.2 Å². The van der Waals surface area contributed by atoms with Gasteiger partial charge in [0.25, 0.3) is 11.5 Å². The van der Waals surface area contributed by atoms with Crippen molar-refractivity contribution in [1.29, 1.82) is 0 Å². The van der Waals surface area contributed by atoms with Gasteiger partial charge >= 0.3 is 5.69 Å². The first kappa shape index (κ1) is 16.2. The van der Waals surface area contributed by atoms with E-state index in [1.165, 1.54) is 11.6 Å². The SMILES string of the molecule is Cn1c(=O)c2[nH]c(CCNC(=O)c3ccc(Br)o3)nc2n(C)c1=O. The van der Waals surface area contributed by atoms with E-state index in [-0.39, 0.29) is 17.2 Å². The Morgan fingerprint density at radius 1 is 1.33 bits per heavy atom. The van der Waals surface area contributed by atoms with Crippen LogP contribution in [-0.4, -0.2) is 31.6 Å². The average Bonchev–Trinajstić information content (AvgIpc) is 3.17. The second kappa shape index (κ2) is 6.11. The number of aromatic nitrogens is 4. The zero-order valence-electron chi connectivity index (χ0n) is 12.9. The maximum atomic E-state index is 12.1. The number of hydrogen-bond donors (Lipinski definition) is 2. The Balaban J connectivity index is 1.76. The number of carbonyl (C=O) groups excluding carboxylic acids is 1. The first-order valence-electron chi connectivity index (χ1n) is 7.06. The largest absolute Gasteiger partial charge is 0.444 e. The van der Waals surface area contributed by atoms with Crippen LogP contribution >= 0.6 is 15.9 Å². The number of H-pyrrole nitrogens is 1. The topological polar surface area (TPSA) is 115 Å². The number of aromatic amines is 1. The summed E-state index contributed by atoms with van der Waals surface area (Å²) in [4.78, 5) is 43.0. The molecule has 3 aromatic rings. The molecule has 0 bridgehead atoms. The molecule has 1 amide bonds. The Kier molecular flexibility index (Phi) is 4.14. The van der Waals surface area contributed by atoms with Gasteiger partial charge in [-0.1, -0.05) is 0 Å². The van der Waals surface area contributed by atoms with Crippen LogP contribution in [0.3, 0.4) is 0 Å². The molecule has 0 aliphatic rings. The third-order valence-corrected chi connectivity index (χ3v) is 4.01. The Morgan fingerprint density at radius 3 is 2.75 bits per heavy atom. The van der Waals surface area contributed by atoms with Gasteiger partial charge in [0.2, 0.25) is 0 Å².